The van der Waals surface area contributed by atoms with Crippen LogP contribution in [-0.2, 0) is 7.05 Å². The van der Waals surface area contributed by atoms with Crippen LogP contribution in [0.3, 0.4) is 0 Å². The van der Waals surface area contributed by atoms with Gasteiger partial charge in [-0.15, -0.1) is 0 Å². The van der Waals surface area contributed by atoms with E-state index in [-0.39, 0.29) is 0 Å². The fourth-order valence-corrected chi connectivity index (χ4v) is 2.51. The fourth-order valence-electron chi connectivity index (χ4n) is 2.51. The lowest BCUT2D eigenvalue weighted by molar-refractivity contribution is 0.449. The van der Waals surface area contributed by atoms with Gasteiger partial charge in [0.15, 0.2) is 0 Å². The van der Waals surface area contributed by atoms with E-state index in [4.69, 9.17) is 0 Å². The predicted octanol–water partition coefficient (Wildman–Crippen LogP) is 4.21. The van der Waals surface area contributed by atoms with E-state index in [0.717, 1.165) is 6.54 Å². The van der Waals surface area contributed by atoms with Crippen molar-refractivity contribution in [2.75, 3.05) is 6.54 Å². The van der Waals surface area contributed by atoms with Crippen LogP contribution in [0.5, 0.6) is 0 Å². The van der Waals surface area contributed by atoms with Gasteiger partial charge < -0.3 is 9.88 Å². The van der Waals surface area contributed by atoms with Gasteiger partial charge in [0.25, 0.3) is 0 Å². The first kappa shape index (κ1) is 16.2. The number of imidazole rings is 1. The number of unbranched alkanes of at least 4 members (excludes halogenated alkanes) is 5. The monoisotopic (exact) mass is 265 g/mol. The maximum absolute atomic E-state index is 4.24. The highest BCUT2D eigenvalue weighted by atomic mass is 15.1. The second-order valence-electron chi connectivity index (χ2n) is 5.49. The topological polar surface area (TPSA) is 29.9 Å². The summed E-state index contributed by atoms with van der Waals surface area (Å²) in [6.45, 7) is 5.58. The molecule has 0 bridgehead atoms. The molecule has 0 saturated carbocycles. The molecule has 1 rings (SSSR count). The molecule has 110 valence electrons. The lowest BCUT2D eigenvalue weighted by Gasteiger charge is -2.19. The highest BCUT2D eigenvalue weighted by Crippen LogP contribution is 2.19. The van der Waals surface area contributed by atoms with Gasteiger partial charge in [-0.2, -0.15) is 0 Å². The molecule has 0 spiro atoms. The van der Waals surface area contributed by atoms with Crippen LogP contribution < -0.4 is 5.32 Å². The van der Waals surface area contributed by atoms with Gasteiger partial charge in [-0.3, -0.25) is 0 Å². The van der Waals surface area contributed by atoms with E-state index in [1.165, 1.54) is 57.1 Å². The molecule has 0 aliphatic heterocycles. The minimum atomic E-state index is 0.471. The van der Waals surface area contributed by atoms with Crippen LogP contribution in [-0.4, -0.2) is 16.1 Å². The minimum Gasteiger partial charge on any atom is -0.336 e. The summed E-state index contributed by atoms with van der Waals surface area (Å²) in [5.41, 5.74) is 1.32. The maximum atomic E-state index is 4.24. The predicted molar refractivity (Wildman–Crippen MR) is 82.2 cm³/mol. The van der Waals surface area contributed by atoms with E-state index in [2.05, 4.69) is 35.8 Å². The van der Waals surface area contributed by atoms with Crippen LogP contribution in [0.1, 0.15) is 76.9 Å². The van der Waals surface area contributed by atoms with Crippen LogP contribution in [0.2, 0.25) is 0 Å². The summed E-state index contributed by atoms with van der Waals surface area (Å²) in [6, 6.07) is 0.471. The number of aryl methyl sites for hydroxylation is 1. The normalized spacial score (nSPS) is 12.8. The molecular formula is C16H31N3. The van der Waals surface area contributed by atoms with Gasteiger partial charge in [0.05, 0.1) is 12.0 Å². The average Bonchev–Trinajstić information content (AvgIpc) is 2.83. The molecule has 1 aromatic heterocycles. The molecular weight excluding hydrogens is 234 g/mol. The van der Waals surface area contributed by atoms with Crippen molar-refractivity contribution in [3.05, 3.63) is 18.2 Å². The Bertz CT molecular complexity index is 320. The molecule has 1 atom stereocenters. The van der Waals surface area contributed by atoms with Crippen molar-refractivity contribution in [3.63, 3.8) is 0 Å². The Balaban J connectivity index is 2.32. The first-order valence-electron chi connectivity index (χ1n) is 7.99. The van der Waals surface area contributed by atoms with Crippen molar-refractivity contribution < 1.29 is 0 Å². The van der Waals surface area contributed by atoms with E-state index in [0.29, 0.717) is 6.04 Å². The number of rotatable bonds is 11. The van der Waals surface area contributed by atoms with Gasteiger partial charge in [0.2, 0.25) is 0 Å². The van der Waals surface area contributed by atoms with Crippen LogP contribution in [0.4, 0.5) is 0 Å². The zero-order valence-electron chi connectivity index (χ0n) is 13.0. The molecule has 0 aliphatic carbocycles. The molecule has 0 amide bonds. The van der Waals surface area contributed by atoms with Crippen LogP contribution >= 0.6 is 0 Å². The summed E-state index contributed by atoms with van der Waals surface area (Å²) < 4.78 is 2.14. The molecule has 1 unspecified atom stereocenters. The van der Waals surface area contributed by atoms with Gasteiger partial charge in [-0.25, -0.2) is 4.98 Å². The van der Waals surface area contributed by atoms with Crippen LogP contribution in [0, 0.1) is 0 Å². The van der Waals surface area contributed by atoms with E-state index in [1.807, 2.05) is 12.5 Å². The molecule has 0 radical (unpaired) electrons. The number of nitrogens with one attached hydrogen (secondary N) is 1. The Labute approximate surface area is 118 Å². The zero-order chi connectivity index (χ0) is 13.9. The van der Waals surface area contributed by atoms with E-state index in [1.54, 1.807) is 0 Å². The Morgan fingerprint density at radius 2 is 1.84 bits per heavy atom. The molecule has 19 heavy (non-hydrogen) atoms. The number of hydrogen-bond acceptors (Lipinski definition) is 2. The van der Waals surface area contributed by atoms with Gasteiger partial charge in [0.1, 0.15) is 0 Å². The Kier molecular flexibility index (Phi) is 8.55. The first-order valence-corrected chi connectivity index (χ1v) is 7.99. The number of hydrogen-bond donors (Lipinski definition) is 1. The van der Waals surface area contributed by atoms with Crippen molar-refractivity contribution in [1.29, 1.82) is 0 Å². The highest BCUT2D eigenvalue weighted by molar-refractivity contribution is 5.04. The molecule has 0 aromatic carbocycles. The minimum absolute atomic E-state index is 0.471. The Morgan fingerprint density at radius 3 is 2.47 bits per heavy atom. The summed E-state index contributed by atoms with van der Waals surface area (Å²) in [4.78, 5) is 4.24. The first-order chi connectivity index (χ1) is 9.29. The Morgan fingerprint density at radius 1 is 1.11 bits per heavy atom. The zero-order valence-corrected chi connectivity index (χ0v) is 13.0. The maximum Gasteiger partial charge on any atom is 0.0946 e. The highest BCUT2D eigenvalue weighted by Gasteiger charge is 2.13. The molecule has 0 aliphatic rings. The standard InChI is InChI=1S/C16H31N3/c1-4-6-7-8-9-10-11-15(18-12-5-2)16-13-17-14-19(16)3/h13-15,18H,4-12H2,1-3H3. The third-order valence-electron chi connectivity index (χ3n) is 3.70. The third-order valence-corrected chi connectivity index (χ3v) is 3.70. The van der Waals surface area contributed by atoms with E-state index < -0.39 is 0 Å². The van der Waals surface area contributed by atoms with Gasteiger partial charge in [0, 0.05) is 19.3 Å². The molecule has 1 aromatic rings. The Hall–Kier alpha value is -0.830. The second-order valence-corrected chi connectivity index (χ2v) is 5.49. The summed E-state index contributed by atoms with van der Waals surface area (Å²) in [6.07, 6.45) is 14.5. The summed E-state index contributed by atoms with van der Waals surface area (Å²) >= 11 is 0. The molecule has 1 N–H and O–H groups in total. The van der Waals surface area contributed by atoms with Gasteiger partial charge in [-0.05, 0) is 19.4 Å². The van der Waals surface area contributed by atoms with Crippen molar-refractivity contribution in [2.24, 2.45) is 7.05 Å². The SMILES string of the molecule is CCCCCCCCC(NCCC)c1cncn1C. The smallest absolute Gasteiger partial charge is 0.0946 e. The van der Waals surface area contributed by atoms with Crippen molar-refractivity contribution in [3.8, 4) is 0 Å². The van der Waals surface area contributed by atoms with E-state index in [9.17, 15) is 0 Å². The average molecular weight is 265 g/mol. The molecule has 3 nitrogen and oxygen atoms in total. The number of aromatic nitrogens is 2. The van der Waals surface area contributed by atoms with Crippen molar-refractivity contribution >= 4 is 0 Å². The van der Waals surface area contributed by atoms with Gasteiger partial charge >= 0.3 is 0 Å². The lowest BCUT2D eigenvalue weighted by Crippen LogP contribution is -2.24. The molecule has 1 heterocycles. The lowest BCUT2D eigenvalue weighted by atomic mass is 10.0. The summed E-state index contributed by atoms with van der Waals surface area (Å²) in [5, 5.41) is 3.65. The third kappa shape index (κ3) is 6.24. The van der Waals surface area contributed by atoms with Crippen molar-refractivity contribution in [1.82, 2.24) is 14.9 Å². The van der Waals surface area contributed by atoms with Gasteiger partial charge in [-0.1, -0.05) is 52.4 Å². The summed E-state index contributed by atoms with van der Waals surface area (Å²) in [5.74, 6) is 0. The quantitative estimate of drug-likeness (QED) is 0.607. The van der Waals surface area contributed by atoms with E-state index >= 15 is 0 Å². The van der Waals surface area contributed by atoms with Crippen molar-refractivity contribution in [2.45, 2.75) is 71.3 Å². The summed E-state index contributed by atoms with van der Waals surface area (Å²) in [7, 11) is 2.09. The van der Waals surface area contributed by atoms with Crippen LogP contribution in [0.15, 0.2) is 12.5 Å². The fraction of sp³-hybridized carbons (Fsp3) is 0.812. The molecule has 0 saturated heterocycles. The molecule has 3 heteroatoms. The second kappa shape index (κ2) is 10.0. The number of nitrogens with zero attached hydrogens (tertiary/aromatic N) is 2. The van der Waals surface area contributed by atoms with Crippen LogP contribution in [0.25, 0.3) is 0 Å². The molecule has 0 fully saturated rings. The largest absolute Gasteiger partial charge is 0.336 e.